The smallest absolute Gasteiger partial charge is 0.0701 e. The van der Waals surface area contributed by atoms with Crippen LogP contribution in [0.3, 0.4) is 0 Å². The van der Waals surface area contributed by atoms with Crippen molar-refractivity contribution < 1.29 is 9.47 Å². The Hall–Kier alpha value is -0.0800. The lowest BCUT2D eigenvalue weighted by atomic mass is 10.7. The van der Waals surface area contributed by atoms with Gasteiger partial charge in [-0.25, -0.2) is 0 Å². The summed E-state index contributed by atoms with van der Waals surface area (Å²) in [4.78, 5) is 0. The largest absolute Gasteiger partial charge is 0.379 e. The Morgan fingerprint density at radius 3 is 2.57 bits per heavy atom. The molecule has 0 aromatic heterocycles. The van der Waals surface area contributed by atoms with Crippen molar-refractivity contribution in [3.8, 4) is 0 Å². The Labute approximate surface area is 44.4 Å². The molecule has 0 aromatic rings. The Morgan fingerprint density at radius 2 is 2.14 bits per heavy atom. The maximum absolute atomic E-state index is 4.91. The van der Waals surface area contributed by atoms with E-state index in [0.29, 0.717) is 13.2 Å². The zero-order valence-corrected chi connectivity index (χ0v) is 4.64. The van der Waals surface area contributed by atoms with Crippen molar-refractivity contribution in [3.05, 3.63) is 7.11 Å². The molecule has 0 atom stereocenters. The average Bonchev–Trinajstić information content (AvgIpc) is 1.69. The number of hydrogen-bond donors (Lipinski definition) is 0. The van der Waals surface area contributed by atoms with Gasteiger partial charge in [0, 0.05) is 6.61 Å². The van der Waals surface area contributed by atoms with E-state index in [1.807, 2.05) is 6.92 Å². The van der Waals surface area contributed by atoms with Crippen LogP contribution in [0.25, 0.3) is 0 Å². The standard InChI is InChI=1S/C5H11O2/c1-3-7-5-4-6-2/h2-5H2,1H3. The van der Waals surface area contributed by atoms with Gasteiger partial charge in [-0.1, -0.05) is 0 Å². The van der Waals surface area contributed by atoms with Gasteiger partial charge in [-0.2, -0.15) is 0 Å². The quantitative estimate of drug-likeness (QED) is 0.491. The summed E-state index contributed by atoms with van der Waals surface area (Å²) >= 11 is 0. The highest BCUT2D eigenvalue weighted by Crippen LogP contribution is 1.72. The molecule has 0 rings (SSSR count). The third-order valence-corrected chi connectivity index (χ3v) is 0.576. The Bertz CT molecular complexity index is 25.3. The molecule has 1 radical (unpaired) electrons. The number of hydrogen-bond acceptors (Lipinski definition) is 2. The molecule has 7 heavy (non-hydrogen) atoms. The lowest BCUT2D eigenvalue weighted by Gasteiger charge is -1.95. The van der Waals surface area contributed by atoms with E-state index in [1.54, 1.807) is 0 Å². The third-order valence-electron chi connectivity index (χ3n) is 0.576. The van der Waals surface area contributed by atoms with Crippen LogP contribution in [0.15, 0.2) is 0 Å². The fraction of sp³-hybridized carbons (Fsp3) is 0.800. The Kier molecular flexibility index (Phi) is 5.85. The zero-order valence-electron chi connectivity index (χ0n) is 4.64. The lowest BCUT2D eigenvalue weighted by Crippen LogP contribution is -1.99. The molecule has 0 aliphatic heterocycles. The summed E-state index contributed by atoms with van der Waals surface area (Å²) in [6.45, 7) is 3.94. The zero-order chi connectivity index (χ0) is 5.54. The lowest BCUT2D eigenvalue weighted by molar-refractivity contribution is 0.0911. The Balaban J connectivity index is 2.45. The van der Waals surface area contributed by atoms with E-state index in [-0.39, 0.29) is 0 Å². The summed E-state index contributed by atoms with van der Waals surface area (Å²) < 4.78 is 9.38. The first-order valence-corrected chi connectivity index (χ1v) is 2.36. The summed E-state index contributed by atoms with van der Waals surface area (Å²) in [5, 5.41) is 0. The number of ether oxygens (including phenoxy) is 2. The van der Waals surface area contributed by atoms with Crippen LogP contribution in [0.2, 0.25) is 0 Å². The van der Waals surface area contributed by atoms with Gasteiger partial charge in [0.2, 0.25) is 0 Å². The maximum atomic E-state index is 4.91. The summed E-state index contributed by atoms with van der Waals surface area (Å²) in [5.41, 5.74) is 0. The van der Waals surface area contributed by atoms with E-state index in [1.165, 1.54) is 0 Å². The van der Waals surface area contributed by atoms with Gasteiger partial charge in [0.1, 0.15) is 0 Å². The van der Waals surface area contributed by atoms with Gasteiger partial charge in [0.15, 0.2) is 0 Å². The molecule has 0 amide bonds. The van der Waals surface area contributed by atoms with Gasteiger partial charge in [-0.05, 0) is 6.92 Å². The molecule has 0 heterocycles. The van der Waals surface area contributed by atoms with Crippen LogP contribution in [0.4, 0.5) is 0 Å². The van der Waals surface area contributed by atoms with Crippen LogP contribution in [-0.4, -0.2) is 19.8 Å². The molecule has 0 saturated carbocycles. The monoisotopic (exact) mass is 103 g/mol. The minimum Gasteiger partial charge on any atom is -0.379 e. The topological polar surface area (TPSA) is 18.5 Å². The average molecular weight is 103 g/mol. The van der Waals surface area contributed by atoms with Gasteiger partial charge in [0.05, 0.1) is 20.3 Å². The van der Waals surface area contributed by atoms with E-state index in [2.05, 4.69) is 11.8 Å². The fourth-order valence-corrected chi connectivity index (χ4v) is 0.262. The molecule has 2 heteroatoms. The second-order valence-electron chi connectivity index (χ2n) is 1.11. The minimum atomic E-state index is 0.591. The van der Waals surface area contributed by atoms with Crippen molar-refractivity contribution in [3.63, 3.8) is 0 Å². The summed E-state index contributed by atoms with van der Waals surface area (Å²) in [5.74, 6) is 0. The van der Waals surface area contributed by atoms with Crippen LogP contribution in [0.1, 0.15) is 6.92 Å². The second kappa shape index (κ2) is 5.92. The summed E-state index contributed by atoms with van der Waals surface area (Å²) in [6, 6.07) is 0. The normalized spacial score (nSPS) is 9.43. The molecular weight excluding hydrogens is 92.1 g/mol. The van der Waals surface area contributed by atoms with Crippen LogP contribution in [-0.2, 0) is 9.47 Å². The second-order valence-corrected chi connectivity index (χ2v) is 1.11. The SMILES string of the molecule is [CH2]OCCOCC. The first-order valence-electron chi connectivity index (χ1n) is 2.36. The van der Waals surface area contributed by atoms with Gasteiger partial charge >= 0.3 is 0 Å². The third kappa shape index (κ3) is 5.92. The van der Waals surface area contributed by atoms with E-state index < -0.39 is 0 Å². The molecule has 0 fully saturated rings. The summed E-state index contributed by atoms with van der Waals surface area (Å²) in [6.07, 6.45) is 0. The van der Waals surface area contributed by atoms with Gasteiger partial charge in [0.25, 0.3) is 0 Å². The van der Waals surface area contributed by atoms with Crippen LogP contribution >= 0.6 is 0 Å². The van der Waals surface area contributed by atoms with Gasteiger partial charge < -0.3 is 9.47 Å². The van der Waals surface area contributed by atoms with Crippen molar-refractivity contribution in [2.75, 3.05) is 19.8 Å². The highest BCUT2D eigenvalue weighted by Gasteiger charge is 1.78. The van der Waals surface area contributed by atoms with Crippen molar-refractivity contribution in [2.24, 2.45) is 0 Å². The van der Waals surface area contributed by atoms with Crippen molar-refractivity contribution in [1.29, 1.82) is 0 Å². The van der Waals surface area contributed by atoms with Gasteiger partial charge in [-0.15, -0.1) is 0 Å². The minimum absolute atomic E-state index is 0.591. The van der Waals surface area contributed by atoms with Crippen molar-refractivity contribution in [1.82, 2.24) is 0 Å². The predicted octanol–water partition coefficient (Wildman–Crippen LogP) is 0.831. The molecule has 0 saturated heterocycles. The molecule has 0 bridgehead atoms. The van der Waals surface area contributed by atoms with Gasteiger partial charge in [-0.3, -0.25) is 0 Å². The van der Waals surface area contributed by atoms with Crippen molar-refractivity contribution in [2.45, 2.75) is 6.92 Å². The highest BCUT2D eigenvalue weighted by molar-refractivity contribution is 4.24. The molecular formula is C5H11O2. The molecule has 0 aliphatic carbocycles. The molecule has 43 valence electrons. The maximum Gasteiger partial charge on any atom is 0.0701 e. The van der Waals surface area contributed by atoms with Crippen molar-refractivity contribution >= 4 is 0 Å². The highest BCUT2D eigenvalue weighted by atomic mass is 16.5. The molecule has 0 N–H and O–H groups in total. The van der Waals surface area contributed by atoms with Crippen LogP contribution in [0, 0.1) is 7.11 Å². The molecule has 0 aliphatic rings. The first kappa shape index (κ1) is 6.92. The molecule has 0 spiro atoms. The Morgan fingerprint density at radius 1 is 1.43 bits per heavy atom. The molecule has 0 unspecified atom stereocenters. The van der Waals surface area contributed by atoms with E-state index in [9.17, 15) is 0 Å². The van der Waals surface area contributed by atoms with E-state index >= 15 is 0 Å². The molecule has 0 aromatic carbocycles. The fourth-order valence-electron chi connectivity index (χ4n) is 0.262. The molecule has 2 nitrogen and oxygen atoms in total. The first-order chi connectivity index (χ1) is 3.41. The van der Waals surface area contributed by atoms with E-state index in [0.717, 1.165) is 6.61 Å². The predicted molar refractivity (Wildman–Crippen MR) is 27.8 cm³/mol. The van der Waals surface area contributed by atoms with Crippen LogP contribution in [0.5, 0.6) is 0 Å². The van der Waals surface area contributed by atoms with E-state index in [4.69, 9.17) is 4.74 Å². The number of rotatable bonds is 4. The summed E-state index contributed by atoms with van der Waals surface area (Å²) in [7, 11) is 3.18. The van der Waals surface area contributed by atoms with Crippen LogP contribution < -0.4 is 0 Å².